The minimum atomic E-state index is 0.217. The van der Waals surface area contributed by atoms with Gasteiger partial charge in [0.15, 0.2) is 0 Å². The topological polar surface area (TPSA) is 38.0 Å². The van der Waals surface area contributed by atoms with Crippen LogP contribution < -0.4 is 11.3 Å². The third-order valence-corrected chi connectivity index (χ3v) is 5.00. The molecule has 0 amide bonds. The molecule has 0 aromatic heterocycles. The largest absolute Gasteiger partial charge is 0.271 e. The Balaban J connectivity index is 2.14. The van der Waals surface area contributed by atoms with Gasteiger partial charge in [-0.1, -0.05) is 37.6 Å². The van der Waals surface area contributed by atoms with Crippen molar-refractivity contribution in [1.82, 2.24) is 5.43 Å². The van der Waals surface area contributed by atoms with Gasteiger partial charge in [-0.25, -0.2) is 0 Å². The Labute approximate surface area is 121 Å². The van der Waals surface area contributed by atoms with Gasteiger partial charge in [-0.3, -0.25) is 11.3 Å². The predicted molar refractivity (Wildman–Crippen MR) is 82.0 cm³/mol. The van der Waals surface area contributed by atoms with E-state index < -0.39 is 0 Å². The summed E-state index contributed by atoms with van der Waals surface area (Å²) in [5.74, 6) is 6.41. The monoisotopic (exact) mass is 280 g/mol. The molecule has 1 atom stereocenters. The molecule has 1 aromatic rings. The number of nitrogens with two attached hydrogens (primary N) is 1. The van der Waals surface area contributed by atoms with Crippen molar-refractivity contribution < 1.29 is 0 Å². The molecule has 0 spiro atoms. The van der Waals surface area contributed by atoms with Gasteiger partial charge in [0.2, 0.25) is 0 Å². The summed E-state index contributed by atoms with van der Waals surface area (Å²) in [7, 11) is 0. The lowest BCUT2D eigenvalue weighted by molar-refractivity contribution is 0.161. The molecule has 1 fully saturated rings. The maximum Gasteiger partial charge on any atom is 0.0488 e. The van der Waals surface area contributed by atoms with Gasteiger partial charge in [0.05, 0.1) is 0 Å². The fraction of sp³-hybridized carbons (Fsp3) is 0.625. The molecule has 2 nitrogen and oxygen atoms in total. The lowest BCUT2D eigenvalue weighted by Crippen LogP contribution is -2.36. The van der Waals surface area contributed by atoms with Gasteiger partial charge >= 0.3 is 0 Å². The minimum Gasteiger partial charge on any atom is -0.271 e. The molecule has 0 heterocycles. The van der Waals surface area contributed by atoms with Crippen LogP contribution >= 0.6 is 11.6 Å². The van der Waals surface area contributed by atoms with Crippen molar-refractivity contribution in [2.45, 2.75) is 52.5 Å². The summed E-state index contributed by atoms with van der Waals surface area (Å²) in [5, 5.41) is 0.828. The molecule has 1 aliphatic carbocycles. The summed E-state index contributed by atoms with van der Waals surface area (Å²) in [6.07, 6.45) is 5.01. The molecule has 2 rings (SSSR count). The van der Waals surface area contributed by atoms with Crippen molar-refractivity contribution in [3.05, 3.63) is 34.3 Å². The first-order chi connectivity index (χ1) is 8.93. The van der Waals surface area contributed by atoms with Crippen LogP contribution in [0.5, 0.6) is 0 Å². The van der Waals surface area contributed by atoms with E-state index >= 15 is 0 Å². The number of hydrazine groups is 1. The van der Waals surface area contributed by atoms with Crippen LogP contribution in [0.25, 0.3) is 0 Å². The lowest BCUT2D eigenvalue weighted by Gasteiger charge is -2.38. The molecule has 3 N–H and O–H groups in total. The summed E-state index contributed by atoms with van der Waals surface area (Å²) in [5.41, 5.74) is 5.82. The quantitative estimate of drug-likeness (QED) is 0.637. The Kier molecular flexibility index (Phi) is 4.54. The molecule has 1 saturated carbocycles. The molecule has 0 aliphatic heterocycles. The number of rotatable bonds is 3. The summed E-state index contributed by atoms with van der Waals surface area (Å²) >= 11 is 6.23. The number of benzene rings is 1. The number of hydrogen-bond acceptors (Lipinski definition) is 2. The summed E-state index contributed by atoms with van der Waals surface area (Å²) in [6, 6.07) is 6.50. The Morgan fingerprint density at radius 2 is 1.95 bits per heavy atom. The average Bonchev–Trinajstić information content (AvgIpc) is 2.36. The molecular weight excluding hydrogens is 256 g/mol. The van der Waals surface area contributed by atoms with Crippen LogP contribution in [0.3, 0.4) is 0 Å². The maximum absolute atomic E-state index is 6.23. The Hall–Kier alpha value is -0.570. The third kappa shape index (κ3) is 3.50. The zero-order chi connectivity index (χ0) is 14.0. The van der Waals surface area contributed by atoms with E-state index in [4.69, 9.17) is 17.4 Å². The van der Waals surface area contributed by atoms with Crippen LogP contribution in [0, 0.1) is 18.3 Å². The van der Waals surface area contributed by atoms with Crippen molar-refractivity contribution in [2.24, 2.45) is 17.2 Å². The molecule has 106 valence electrons. The van der Waals surface area contributed by atoms with Crippen LogP contribution in [-0.4, -0.2) is 0 Å². The predicted octanol–water partition coefficient (Wildman–Crippen LogP) is 4.37. The van der Waals surface area contributed by atoms with Crippen LogP contribution in [0.15, 0.2) is 18.2 Å². The zero-order valence-corrected chi connectivity index (χ0v) is 12.9. The first-order valence-corrected chi connectivity index (χ1v) is 7.53. The second-order valence-corrected chi connectivity index (χ2v) is 7.06. The fourth-order valence-electron chi connectivity index (χ4n) is 3.06. The maximum atomic E-state index is 6.23. The molecule has 0 bridgehead atoms. The normalized spacial score (nSPS) is 21.3. The molecule has 1 aromatic carbocycles. The van der Waals surface area contributed by atoms with Gasteiger partial charge < -0.3 is 0 Å². The van der Waals surface area contributed by atoms with E-state index in [1.807, 2.05) is 6.92 Å². The molecule has 0 radical (unpaired) electrons. The van der Waals surface area contributed by atoms with E-state index in [2.05, 4.69) is 37.5 Å². The molecule has 0 saturated heterocycles. The van der Waals surface area contributed by atoms with Crippen molar-refractivity contribution >= 4 is 11.6 Å². The van der Waals surface area contributed by atoms with E-state index in [1.54, 1.807) is 0 Å². The second-order valence-electron chi connectivity index (χ2n) is 6.65. The standard InChI is InChI=1S/C16H25ClN2/c1-11-4-5-13(10-14(11)17)15(19-18)12-6-8-16(2,3)9-7-12/h4-5,10,12,15,19H,6-9,18H2,1-3H3. The number of aryl methyl sites for hydroxylation is 1. The highest BCUT2D eigenvalue weighted by Gasteiger charge is 2.31. The van der Waals surface area contributed by atoms with E-state index in [0.717, 1.165) is 10.6 Å². The van der Waals surface area contributed by atoms with Crippen molar-refractivity contribution in [2.75, 3.05) is 0 Å². The SMILES string of the molecule is Cc1ccc(C(NN)C2CCC(C)(C)CC2)cc1Cl. The van der Waals surface area contributed by atoms with Gasteiger partial charge in [-0.15, -0.1) is 0 Å². The van der Waals surface area contributed by atoms with Gasteiger partial charge in [-0.05, 0) is 61.1 Å². The van der Waals surface area contributed by atoms with Gasteiger partial charge in [0.1, 0.15) is 0 Å². The molecule has 19 heavy (non-hydrogen) atoms. The van der Waals surface area contributed by atoms with E-state index in [-0.39, 0.29) is 6.04 Å². The summed E-state index contributed by atoms with van der Waals surface area (Å²) in [4.78, 5) is 0. The highest BCUT2D eigenvalue weighted by molar-refractivity contribution is 6.31. The van der Waals surface area contributed by atoms with Crippen LogP contribution in [0.4, 0.5) is 0 Å². The Morgan fingerprint density at radius 3 is 2.47 bits per heavy atom. The number of hydrogen-bond donors (Lipinski definition) is 2. The van der Waals surface area contributed by atoms with Crippen molar-refractivity contribution in [3.63, 3.8) is 0 Å². The summed E-state index contributed by atoms with van der Waals surface area (Å²) in [6.45, 7) is 6.74. The van der Waals surface area contributed by atoms with Crippen molar-refractivity contribution in [3.8, 4) is 0 Å². The first-order valence-electron chi connectivity index (χ1n) is 7.15. The van der Waals surface area contributed by atoms with Crippen molar-refractivity contribution in [1.29, 1.82) is 0 Å². The van der Waals surface area contributed by atoms with Crippen LogP contribution in [-0.2, 0) is 0 Å². The number of nitrogens with one attached hydrogen (secondary N) is 1. The zero-order valence-electron chi connectivity index (χ0n) is 12.2. The minimum absolute atomic E-state index is 0.217. The average molecular weight is 281 g/mol. The highest BCUT2D eigenvalue weighted by atomic mass is 35.5. The van der Waals surface area contributed by atoms with Gasteiger partial charge in [0.25, 0.3) is 0 Å². The van der Waals surface area contributed by atoms with Crippen LogP contribution in [0.2, 0.25) is 5.02 Å². The molecular formula is C16H25ClN2. The summed E-state index contributed by atoms with van der Waals surface area (Å²) < 4.78 is 0. The molecule has 1 aliphatic rings. The Morgan fingerprint density at radius 1 is 1.32 bits per heavy atom. The second kappa shape index (κ2) is 5.82. The fourth-order valence-corrected chi connectivity index (χ4v) is 3.25. The number of halogens is 1. The van der Waals surface area contributed by atoms with E-state index in [9.17, 15) is 0 Å². The Bertz CT molecular complexity index is 432. The van der Waals surface area contributed by atoms with Gasteiger partial charge in [0, 0.05) is 11.1 Å². The molecule has 3 heteroatoms. The van der Waals surface area contributed by atoms with Crippen LogP contribution in [0.1, 0.15) is 56.7 Å². The lowest BCUT2D eigenvalue weighted by atomic mass is 9.70. The van der Waals surface area contributed by atoms with E-state index in [0.29, 0.717) is 11.3 Å². The smallest absolute Gasteiger partial charge is 0.0488 e. The molecule has 1 unspecified atom stereocenters. The van der Waals surface area contributed by atoms with Gasteiger partial charge in [-0.2, -0.15) is 0 Å². The first kappa shape index (κ1) is 14.8. The highest BCUT2D eigenvalue weighted by Crippen LogP contribution is 2.42. The van der Waals surface area contributed by atoms with E-state index in [1.165, 1.54) is 31.2 Å². The third-order valence-electron chi connectivity index (χ3n) is 4.59.